The molecule has 2 fully saturated rings. The summed E-state index contributed by atoms with van der Waals surface area (Å²) < 4.78 is 0. The smallest absolute Gasteiger partial charge is 0.253 e. The molecule has 0 spiro atoms. The Hall–Kier alpha value is -1.35. The number of hydrogen-bond donors (Lipinski definition) is 1. The Morgan fingerprint density at radius 1 is 1.28 bits per heavy atom. The Labute approximate surface area is 108 Å². The van der Waals surface area contributed by atoms with Gasteiger partial charge in [-0.15, -0.1) is 0 Å². The first-order valence-electron chi connectivity index (χ1n) is 6.83. The standard InChI is InChI=1S/C15H20N2O/c16-15(6-7-15)11-12-4-3-5-13(10-12)14(18)17-8-1-2-9-17/h3-5,10H,1-2,6-9,11,16H2. The van der Waals surface area contributed by atoms with Gasteiger partial charge in [-0.2, -0.15) is 0 Å². The fourth-order valence-corrected chi connectivity index (χ4v) is 2.66. The molecule has 0 radical (unpaired) electrons. The van der Waals surface area contributed by atoms with Crippen LogP contribution in [0.4, 0.5) is 0 Å². The fourth-order valence-electron chi connectivity index (χ4n) is 2.66. The van der Waals surface area contributed by atoms with Crippen molar-refractivity contribution in [2.45, 2.75) is 37.6 Å². The molecule has 1 aromatic rings. The van der Waals surface area contributed by atoms with Crippen LogP contribution in [-0.2, 0) is 6.42 Å². The molecule has 1 aromatic carbocycles. The summed E-state index contributed by atoms with van der Waals surface area (Å²) in [6, 6.07) is 7.99. The van der Waals surface area contributed by atoms with Gasteiger partial charge in [0, 0.05) is 24.2 Å². The number of hydrogen-bond acceptors (Lipinski definition) is 2. The maximum Gasteiger partial charge on any atom is 0.253 e. The fraction of sp³-hybridized carbons (Fsp3) is 0.533. The van der Waals surface area contributed by atoms with E-state index in [9.17, 15) is 4.79 Å². The quantitative estimate of drug-likeness (QED) is 0.883. The molecule has 2 aliphatic rings. The zero-order valence-corrected chi connectivity index (χ0v) is 10.7. The highest BCUT2D eigenvalue weighted by Crippen LogP contribution is 2.35. The van der Waals surface area contributed by atoms with E-state index in [0.717, 1.165) is 50.8 Å². The van der Waals surface area contributed by atoms with Crippen molar-refractivity contribution in [3.05, 3.63) is 35.4 Å². The minimum absolute atomic E-state index is 0.00924. The van der Waals surface area contributed by atoms with Gasteiger partial charge in [-0.05, 0) is 49.8 Å². The maximum atomic E-state index is 12.3. The van der Waals surface area contributed by atoms with Crippen LogP contribution < -0.4 is 5.73 Å². The summed E-state index contributed by atoms with van der Waals surface area (Å²) in [6.07, 6.45) is 5.39. The number of carbonyl (C=O) groups excluding carboxylic acids is 1. The Morgan fingerprint density at radius 2 is 2.00 bits per heavy atom. The van der Waals surface area contributed by atoms with E-state index in [1.54, 1.807) is 0 Å². The Balaban J connectivity index is 1.75. The third-order valence-electron chi connectivity index (χ3n) is 4.02. The zero-order valence-electron chi connectivity index (χ0n) is 10.7. The van der Waals surface area contributed by atoms with Crippen LogP contribution in [0.3, 0.4) is 0 Å². The normalized spacial score (nSPS) is 21.1. The molecule has 1 amide bonds. The van der Waals surface area contributed by atoms with Crippen LogP contribution in [0, 0.1) is 0 Å². The predicted molar refractivity (Wildman–Crippen MR) is 71.4 cm³/mol. The van der Waals surface area contributed by atoms with Gasteiger partial charge in [-0.25, -0.2) is 0 Å². The number of rotatable bonds is 3. The minimum Gasteiger partial charge on any atom is -0.339 e. The number of nitrogens with two attached hydrogens (primary N) is 1. The van der Waals surface area contributed by atoms with E-state index in [4.69, 9.17) is 5.73 Å². The molecule has 3 nitrogen and oxygen atoms in total. The second-order valence-electron chi connectivity index (χ2n) is 5.74. The Bertz CT molecular complexity index is 459. The summed E-state index contributed by atoms with van der Waals surface area (Å²) in [7, 11) is 0. The molecule has 1 aliphatic carbocycles. The monoisotopic (exact) mass is 244 g/mol. The van der Waals surface area contributed by atoms with Gasteiger partial charge in [0.1, 0.15) is 0 Å². The van der Waals surface area contributed by atoms with Crippen molar-refractivity contribution in [1.82, 2.24) is 4.90 Å². The first-order valence-corrected chi connectivity index (χ1v) is 6.83. The average molecular weight is 244 g/mol. The lowest BCUT2D eigenvalue weighted by molar-refractivity contribution is 0.0792. The lowest BCUT2D eigenvalue weighted by Crippen LogP contribution is -2.28. The van der Waals surface area contributed by atoms with E-state index in [1.807, 2.05) is 23.1 Å². The van der Waals surface area contributed by atoms with Gasteiger partial charge in [0.05, 0.1) is 0 Å². The van der Waals surface area contributed by atoms with Gasteiger partial charge in [-0.3, -0.25) is 4.79 Å². The van der Waals surface area contributed by atoms with Crippen LogP contribution in [-0.4, -0.2) is 29.4 Å². The highest BCUT2D eigenvalue weighted by atomic mass is 16.2. The zero-order chi connectivity index (χ0) is 12.6. The van der Waals surface area contributed by atoms with Gasteiger partial charge in [0.15, 0.2) is 0 Å². The van der Waals surface area contributed by atoms with Crippen LogP contribution in [0.15, 0.2) is 24.3 Å². The molecule has 2 N–H and O–H groups in total. The second kappa shape index (κ2) is 4.39. The van der Waals surface area contributed by atoms with Gasteiger partial charge in [0.25, 0.3) is 5.91 Å². The molecule has 3 rings (SSSR count). The van der Waals surface area contributed by atoms with E-state index in [1.165, 1.54) is 5.56 Å². The van der Waals surface area contributed by atoms with Gasteiger partial charge >= 0.3 is 0 Å². The van der Waals surface area contributed by atoms with Crippen molar-refractivity contribution in [1.29, 1.82) is 0 Å². The molecule has 1 saturated carbocycles. The van der Waals surface area contributed by atoms with E-state index in [0.29, 0.717) is 0 Å². The van der Waals surface area contributed by atoms with Crippen LogP contribution in [0.5, 0.6) is 0 Å². The molecule has 1 heterocycles. The number of amides is 1. The minimum atomic E-state index is 0.00924. The molecule has 18 heavy (non-hydrogen) atoms. The van der Waals surface area contributed by atoms with Crippen LogP contribution in [0.2, 0.25) is 0 Å². The third-order valence-corrected chi connectivity index (χ3v) is 4.02. The molecular formula is C15H20N2O. The van der Waals surface area contributed by atoms with Crippen LogP contribution >= 0.6 is 0 Å². The number of benzene rings is 1. The molecule has 1 aliphatic heterocycles. The molecular weight excluding hydrogens is 224 g/mol. The number of carbonyl (C=O) groups is 1. The van der Waals surface area contributed by atoms with Gasteiger partial charge in [0.2, 0.25) is 0 Å². The Morgan fingerprint density at radius 3 is 2.67 bits per heavy atom. The van der Waals surface area contributed by atoms with Crippen molar-refractivity contribution >= 4 is 5.91 Å². The highest BCUT2D eigenvalue weighted by Gasteiger charge is 2.38. The van der Waals surface area contributed by atoms with Gasteiger partial charge < -0.3 is 10.6 Å². The predicted octanol–water partition coefficient (Wildman–Crippen LogP) is 1.96. The number of likely N-dealkylation sites (tertiary alicyclic amines) is 1. The summed E-state index contributed by atoms with van der Waals surface area (Å²) in [6.45, 7) is 1.81. The summed E-state index contributed by atoms with van der Waals surface area (Å²) in [4.78, 5) is 14.2. The molecule has 0 aromatic heterocycles. The molecule has 0 unspecified atom stereocenters. The van der Waals surface area contributed by atoms with Crippen molar-refractivity contribution in [2.75, 3.05) is 13.1 Å². The molecule has 96 valence electrons. The van der Waals surface area contributed by atoms with E-state index in [-0.39, 0.29) is 11.4 Å². The van der Waals surface area contributed by atoms with E-state index in [2.05, 4.69) is 6.07 Å². The van der Waals surface area contributed by atoms with E-state index < -0.39 is 0 Å². The summed E-state index contributed by atoms with van der Waals surface area (Å²) in [5.41, 5.74) is 8.15. The van der Waals surface area contributed by atoms with Crippen molar-refractivity contribution in [3.63, 3.8) is 0 Å². The molecule has 3 heteroatoms. The Kier molecular flexibility index (Phi) is 2.86. The lowest BCUT2D eigenvalue weighted by atomic mass is 10.0. The van der Waals surface area contributed by atoms with Crippen molar-refractivity contribution in [2.24, 2.45) is 5.73 Å². The SMILES string of the molecule is NC1(Cc2cccc(C(=O)N3CCCC3)c2)CC1. The largest absolute Gasteiger partial charge is 0.339 e. The molecule has 0 atom stereocenters. The van der Waals surface area contributed by atoms with Crippen molar-refractivity contribution < 1.29 is 4.79 Å². The van der Waals surface area contributed by atoms with Gasteiger partial charge in [-0.1, -0.05) is 12.1 Å². The second-order valence-corrected chi connectivity index (χ2v) is 5.74. The highest BCUT2D eigenvalue weighted by molar-refractivity contribution is 5.94. The van der Waals surface area contributed by atoms with Crippen LogP contribution in [0.25, 0.3) is 0 Å². The van der Waals surface area contributed by atoms with Crippen LogP contribution in [0.1, 0.15) is 41.6 Å². The first-order chi connectivity index (χ1) is 8.66. The topological polar surface area (TPSA) is 46.3 Å². The summed E-state index contributed by atoms with van der Waals surface area (Å²) in [5.74, 6) is 0.177. The maximum absolute atomic E-state index is 12.3. The van der Waals surface area contributed by atoms with E-state index >= 15 is 0 Å². The lowest BCUT2D eigenvalue weighted by Gasteiger charge is -2.16. The molecule has 1 saturated heterocycles. The first kappa shape index (κ1) is 11.7. The average Bonchev–Trinajstić information content (AvgIpc) is 2.90. The summed E-state index contributed by atoms with van der Waals surface area (Å²) in [5, 5.41) is 0. The third kappa shape index (κ3) is 2.41. The number of nitrogens with zero attached hydrogens (tertiary/aromatic N) is 1. The molecule has 0 bridgehead atoms. The summed E-state index contributed by atoms with van der Waals surface area (Å²) >= 11 is 0. The van der Waals surface area contributed by atoms with Crippen molar-refractivity contribution in [3.8, 4) is 0 Å².